The van der Waals surface area contributed by atoms with Crippen molar-refractivity contribution in [2.45, 2.75) is 38.0 Å². The highest BCUT2D eigenvalue weighted by atomic mass is 32.2. The van der Waals surface area contributed by atoms with Gasteiger partial charge in [0.2, 0.25) is 0 Å². The van der Waals surface area contributed by atoms with Crippen molar-refractivity contribution < 1.29 is 13.0 Å². The molecule has 2 aromatic rings. The highest BCUT2D eigenvalue weighted by Gasteiger charge is 2.06. The van der Waals surface area contributed by atoms with Crippen molar-refractivity contribution in [1.29, 1.82) is 0 Å². The number of nitrogens with zero attached hydrogens (tertiary/aromatic N) is 1. The van der Waals surface area contributed by atoms with Crippen LogP contribution in [0.1, 0.15) is 31.0 Å². The third kappa shape index (κ3) is 7.02. The van der Waals surface area contributed by atoms with Crippen molar-refractivity contribution in [3.63, 3.8) is 0 Å². The summed E-state index contributed by atoms with van der Waals surface area (Å²) in [6.45, 7) is 4.04. The molecule has 0 saturated heterocycles. The van der Waals surface area contributed by atoms with Crippen LogP contribution in [0.25, 0.3) is 0 Å². The van der Waals surface area contributed by atoms with Gasteiger partial charge in [0.1, 0.15) is 0 Å². The van der Waals surface area contributed by atoms with Crippen molar-refractivity contribution in [2.24, 2.45) is 0 Å². The van der Waals surface area contributed by atoms with Crippen molar-refractivity contribution in [3.05, 3.63) is 59.9 Å². The molecule has 4 nitrogen and oxygen atoms in total. The smallest absolute Gasteiger partial charge is 0.282 e. The molecule has 0 aliphatic heterocycles. The molecule has 0 atom stereocenters. The number of benzene rings is 1. The number of pyridine rings is 1. The Morgan fingerprint density at radius 2 is 1.76 bits per heavy atom. The standard InChI is InChI=1S/C9H13N.C7H8O3S/c1-2-3-6-9-7-4-5-8-10-9;1-6-2-4-7(5-3-6)11(8,9)10/h4-5,7-8H,2-3,6H2,1H3;2-5H,1H3,(H,8,9,10). The van der Waals surface area contributed by atoms with Gasteiger partial charge in [-0.15, -0.1) is 0 Å². The molecule has 1 aromatic carbocycles. The van der Waals surface area contributed by atoms with Crippen molar-refractivity contribution in [1.82, 2.24) is 4.98 Å². The van der Waals surface area contributed by atoms with Gasteiger partial charge in [-0.1, -0.05) is 37.1 Å². The maximum absolute atomic E-state index is 10.5. The largest absolute Gasteiger partial charge is 0.294 e. The summed E-state index contributed by atoms with van der Waals surface area (Å²) in [6, 6.07) is 12.1. The summed E-state index contributed by atoms with van der Waals surface area (Å²) in [4.78, 5) is 4.15. The van der Waals surface area contributed by atoms with E-state index in [0.717, 1.165) is 12.0 Å². The summed E-state index contributed by atoms with van der Waals surface area (Å²) in [5, 5.41) is 0. The van der Waals surface area contributed by atoms with E-state index in [1.54, 1.807) is 12.1 Å². The van der Waals surface area contributed by atoms with Crippen LogP contribution in [-0.2, 0) is 16.5 Å². The Balaban J connectivity index is 0.000000211. The molecule has 0 unspecified atom stereocenters. The predicted octanol–water partition coefficient (Wildman–Crippen LogP) is 3.67. The van der Waals surface area contributed by atoms with Crippen LogP contribution in [-0.4, -0.2) is 18.0 Å². The van der Waals surface area contributed by atoms with E-state index in [-0.39, 0.29) is 4.90 Å². The van der Waals surface area contributed by atoms with Gasteiger partial charge in [0.05, 0.1) is 4.90 Å². The van der Waals surface area contributed by atoms with E-state index in [0.29, 0.717) is 0 Å². The van der Waals surface area contributed by atoms with E-state index in [9.17, 15) is 8.42 Å². The number of aromatic nitrogens is 1. The molecule has 0 aliphatic carbocycles. The van der Waals surface area contributed by atoms with Crippen molar-refractivity contribution in [2.75, 3.05) is 0 Å². The minimum Gasteiger partial charge on any atom is -0.282 e. The molecule has 5 heteroatoms. The van der Waals surface area contributed by atoms with Gasteiger partial charge in [-0.3, -0.25) is 9.54 Å². The molecule has 0 fully saturated rings. The molecule has 0 bridgehead atoms. The first kappa shape index (κ1) is 17.3. The van der Waals surface area contributed by atoms with Crippen LogP contribution in [0.15, 0.2) is 53.6 Å². The molecule has 0 aliphatic rings. The fourth-order valence-corrected chi connectivity index (χ4v) is 2.09. The van der Waals surface area contributed by atoms with E-state index < -0.39 is 10.1 Å². The molecule has 1 aromatic heterocycles. The summed E-state index contributed by atoms with van der Waals surface area (Å²) in [6.07, 6.45) is 5.47. The monoisotopic (exact) mass is 307 g/mol. The van der Waals surface area contributed by atoms with Crippen LogP contribution in [0.2, 0.25) is 0 Å². The SMILES string of the molecule is CCCCc1ccccn1.Cc1ccc(S(=O)(=O)O)cc1. The Labute approximate surface area is 126 Å². The molecule has 21 heavy (non-hydrogen) atoms. The second-order valence-corrected chi connectivity index (χ2v) is 6.13. The maximum atomic E-state index is 10.5. The lowest BCUT2D eigenvalue weighted by Crippen LogP contribution is -1.96. The van der Waals surface area contributed by atoms with Gasteiger partial charge in [0, 0.05) is 11.9 Å². The van der Waals surface area contributed by atoms with Gasteiger partial charge < -0.3 is 0 Å². The Bertz CT molecular complexity index is 622. The van der Waals surface area contributed by atoms with E-state index >= 15 is 0 Å². The van der Waals surface area contributed by atoms with Crippen LogP contribution in [0.5, 0.6) is 0 Å². The lowest BCUT2D eigenvalue weighted by Gasteiger charge is -1.95. The van der Waals surface area contributed by atoms with E-state index in [1.807, 2.05) is 25.3 Å². The lowest BCUT2D eigenvalue weighted by atomic mass is 10.2. The van der Waals surface area contributed by atoms with Crippen LogP contribution < -0.4 is 0 Å². The van der Waals surface area contributed by atoms with Crippen LogP contribution in [0.3, 0.4) is 0 Å². The highest BCUT2D eigenvalue weighted by molar-refractivity contribution is 7.85. The minimum absolute atomic E-state index is 0.0666. The Morgan fingerprint density at radius 1 is 1.10 bits per heavy atom. The zero-order chi connectivity index (χ0) is 15.7. The third-order valence-electron chi connectivity index (χ3n) is 2.83. The van der Waals surface area contributed by atoms with Crippen LogP contribution in [0.4, 0.5) is 0 Å². The van der Waals surface area contributed by atoms with Gasteiger partial charge in [0.25, 0.3) is 10.1 Å². The first-order valence-corrected chi connectivity index (χ1v) is 8.31. The first-order valence-electron chi connectivity index (χ1n) is 6.87. The van der Waals surface area contributed by atoms with Gasteiger partial charge >= 0.3 is 0 Å². The number of hydrogen-bond acceptors (Lipinski definition) is 3. The summed E-state index contributed by atoms with van der Waals surface area (Å²) < 4.78 is 29.6. The zero-order valence-electron chi connectivity index (χ0n) is 12.4. The average Bonchev–Trinajstić information content (AvgIpc) is 2.46. The second kappa shape index (κ2) is 8.54. The quantitative estimate of drug-likeness (QED) is 0.875. The fraction of sp³-hybridized carbons (Fsp3) is 0.312. The molecule has 0 amide bonds. The summed E-state index contributed by atoms with van der Waals surface area (Å²) >= 11 is 0. The Hall–Kier alpha value is -1.72. The molecule has 114 valence electrons. The number of hydrogen-bond donors (Lipinski definition) is 1. The normalized spacial score (nSPS) is 10.6. The summed E-state index contributed by atoms with van der Waals surface area (Å²) in [5.74, 6) is 0. The molecular weight excluding hydrogens is 286 g/mol. The summed E-state index contributed by atoms with van der Waals surface area (Å²) in [7, 11) is -4.02. The second-order valence-electron chi connectivity index (χ2n) is 4.71. The fourth-order valence-electron chi connectivity index (χ4n) is 1.61. The molecule has 2 rings (SSSR count). The molecule has 0 spiro atoms. The van der Waals surface area contributed by atoms with Crippen LogP contribution in [0, 0.1) is 6.92 Å². The Morgan fingerprint density at radius 3 is 2.24 bits per heavy atom. The Kier molecular flexibility index (Phi) is 7.05. The summed E-state index contributed by atoms with van der Waals surface area (Å²) in [5.41, 5.74) is 2.17. The molecule has 0 saturated carbocycles. The number of aryl methyl sites for hydroxylation is 2. The highest BCUT2D eigenvalue weighted by Crippen LogP contribution is 2.08. The van der Waals surface area contributed by atoms with Crippen LogP contribution >= 0.6 is 0 Å². The molecule has 1 heterocycles. The van der Waals surface area contributed by atoms with Gasteiger partial charge in [0.15, 0.2) is 0 Å². The predicted molar refractivity (Wildman–Crippen MR) is 83.8 cm³/mol. The first-order chi connectivity index (χ1) is 9.93. The third-order valence-corrected chi connectivity index (χ3v) is 3.70. The minimum atomic E-state index is -4.02. The number of unbranched alkanes of at least 4 members (excludes halogenated alkanes) is 1. The number of rotatable bonds is 4. The lowest BCUT2D eigenvalue weighted by molar-refractivity contribution is 0.483. The van der Waals surface area contributed by atoms with E-state index in [2.05, 4.69) is 18.0 Å². The van der Waals surface area contributed by atoms with Crippen molar-refractivity contribution in [3.8, 4) is 0 Å². The zero-order valence-corrected chi connectivity index (χ0v) is 13.2. The van der Waals surface area contributed by atoms with Crippen molar-refractivity contribution >= 4 is 10.1 Å². The van der Waals surface area contributed by atoms with Gasteiger partial charge in [-0.25, -0.2) is 0 Å². The topological polar surface area (TPSA) is 67.3 Å². The molecular formula is C16H21NO3S. The van der Waals surface area contributed by atoms with E-state index in [4.69, 9.17) is 4.55 Å². The molecule has 1 N–H and O–H groups in total. The van der Waals surface area contributed by atoms with Gasteiger partial charge in [-0.05, 0) is 44.0 Å². The van der Waals surface area contributed by atoms with E-state index in [1.165, 1.54) is 30.7 Å². The molecule has 0 radical (unpaired) electrons. The van der Waals surface area contributed by atoms with Gasteiger partial charge in [-0.2, -0.15) is 8.42 Å². The maximum Gasteiger partial charge on any atom is 0.294 e. The average molecular weight is 307 g/mol.